The van der Waals surface area contributed by atoms with Crippen LogP contribution >= 0.6 is 23.4 Å². The van der Waals surface area contributed by atoms with Crippen molar-refractivity contribution in [3.8, 4) is 0 Å². The van der Waals surface area contributed by atoms with Gasteiger partial charge in [0, 0.05) is 28.3 Å². The summed E-state index contributed by atoms with van der Waals surface area (Å²) in [6, 6.07) is 7.66. The predicted molar refractivity (Wildman–Crippen MR) is 84.3 cm³/mol. The van der Waals surface area contributed by atoms with Gasteiger partial charge in [0.05, 0.1) is 0 Å². The molecular formula is C15H22ClNOS. The first kappa shape index (κ1) is 16.4. The van der Waals surface area contributed by atoms with Gasteiger partial charge >= 0.3 is 0 Å². The molecule has 1 rings (SSSR count). The molecule has 1 aromatic rings. The lowest BCUT2D eigenvalue weighted by molar-refractivity contribution is 0.0931. The molecule has 1 aromatic carbocycles. The van der Waals surface area contributed by atoms with E-state index < -0.39 is 0 Å². The summed E-state index contributed by atoms with van der Waals surface area (Å²) in [6.07, 6.45) is 3.96. The molecule has 1 amide bonds. The van der Waals surface area contributed by atoms with Gasteiger partial charge < -0.3 is 5.32 Å². The molecule has 0 aliphatic rings. The van der Waals surface area contributed by atoms with Gasteiger partial charge in [0.15, 0.2) is 0 Å². The highest BCUT2D eigenvalue weighted by atomic mass is 35.5. The monoisotopic (exact) mass is 299 g/mol. The summed E-state index contributed by atoms with van der Waals surface area (Å²) in [6.45, 7) is 4.86. The summed E-state index contributed by atoms with van der Waals surface area (Å²) in [7, 11) is 0. The fourth-order valence-electron chi connectivity index (χ4n) is 1.85. The first-order valence-electron chi connectivity index (χ1n) is 6.59. The lowest BCUT2D eigenvalue weighted by atomic mass is 9.84. The number of carbonyl (C=O) groups excluding carboxylic acids is 1. The third-order valence-electron chi connectivity index (χ3n) is 3.76. The number of benzene rings is 1. The smallest absolute Gasteiger partial charge is 0.251 e. The minimum Gasteiger partial charge on any atom is -0.351 e. The normalized spacial score (nSPS) is 11.4. The molecule has 0 saturated heterocycles. The summed E-state index contributed by atoms with van der Waals surface area (Å²) < 4.78 is 0. The summed E-state index contributed by atoms with van der Waals surface area (Å²) in [4.78, 5) is 13.2. The van der Waals surface area contributed by atoms with Gasteiger partial charge in [-0.15, -0.1) is 23.4 Å². The van der Waals surface area contributed by atoms with Gasteiger partial charge in [0.25, 0.3) is 5.91 Å². The highest BCUT2D eigenvalue weighted by Crippen LogP contribution is 2.27. The first-order valence-corrected chi connectivity index (χ1v) is 8.35. The van der Waals surface area contributed by atoms with Crippen LogP contribution in [0, 0.1) is 5.41 Å². The van der Waals surface area contributed by atoms with Gasteiger partial charge in [-0.1, -0.05) is 13.8 Å². The van der Waals surface area contributed by atoms with E-state index in [1.807, 2.05) is 30.5 Å². The van der Waals surface area contributed by atoms with Crippen LogP contribution in [0.1, 0.15) is 37.0 Å². The van der Waals surface area contributed by atoms with Crippen molar-refractivity contribution in [2.45, 2.75) is 31.6 Å². The number of amides is 1. The number of hydrogen-bond acceptors (Lipinski definition) is 2. The molecule has 0 bridgehead atoms. The Bertz CT molecular complexity index is 393. The highest BCUT2D eigenvalue weighted by Gasteiger charge is 2.25. The van der Waals surface area contributed by atoms with Crippen LogP contribution in [0.5, 0.6) is 0 Å². The second-order valence-electron chi connectivity index (χ2n) is 4.75. The molecule has 1 N–H and O–H groups in total. The number of carbonyl (C=O) groups is 1. The van der Waals surface area contributed by atoms with E-state index in [0.29, 0.717) is 18.0 Å². The molecule has 0 aromatic heterocycles. The maximum atomic E-state index is 12.1. The summed E-state index contributed by atoms with van der Waals surface area (Å²) in [5.41, 5.74) is 0.713. The number of rotatable bonds is 7. The zero-order valence-electron chi connectivity index (χ0n) is 11.8. The van der Waals surface area contributed by atoms with Gasteiger partial charge in [-0.2, -0.15) is 0 Å². The van der Waals surface area contributed by atoms with E-state index in [4.69, 9.17) is 11.6 Å². The van der Waals surface area contributed by atoms with Crippen LogP contribution in [-0.2, 0) is 0 Å². The van der Waals surface area contributed by atoms with Crippen molar-refractivity contribution in [1.82, 2.24) is 5.32 Å². The largest absolute Gasteiger partial charge is 0.351 e. The van der Waals surface area contributed by atoms with Crippen molar-refractivity contribution < 1.29 is 4.79 Å². The Morgan fingerprint density at radius 1 is 1.26 bits per heavy atom. The van der Waals surface area contributed by atoms with E-state index in [0.717, 1.165) is 17.7 Å². The molecule has 19 heavy (non-hydrogen) atoms. The predicted octanol–water partition coefficient (Wildman–Crippen LogP) is 4.18. The molecule has 0 fully saturated rings. The average Bonchev–Trinajstić information content (AvgIpc) is 2.49. The van der Waals surface area contributed by atoms with Crippen molar-refractivity contribution in [3.05, 3.63) is 29.8 Å². The van der Waals surface area contributed by atoms with Crippen LogP contribution in [-0.4, -0.2) is 24.6 Å². The third-order valence-corrected chi connectivity index (χ3v) is 5.07. The van der Waals surface area contributed by atoms with Gasteiger partial charge in [-0.25, -0.2) is 0 Å². The quantitative estimate of drug-likeness (QED) is 0.604. The highest BCUT2D eigenvalue weighted by molar-refractivity contribution is 7.98. The zero-order chi connectivity index (χ0) is 14.3. The van der Waals surface area contributed by atoms with Gasteiger partial charge in [0.2, 0.25) is 0 Å². The van der Waals surface area contributed by atoms with Crippen LogP contribution in [0.25, 0.3) is 0 Å². The Morgan fingerprint density at radius 3 is 2.26 bits per heavy atom. The minimum atomic E-state index is -0.0240. The second-order valence-corrected chi connectivity index (χ2v) is 5.90. The number of nitrogens with one attached hydrogen (secondary N) is 1. The molecule has 106 valence electrons. The maximum Gasteiger partial charge on any atom is 0.251 e. The average molecular weight is 300 g/mol. The molecule has 4 heteroatoms. The first-order chi connectivity index (χ1) is 9.10. The Morgan fingerprint density at radius 2 is 1.84 bits per heavy atom. The second kappa shape index (κ2) is 7.81. The van der Waals surface area contributed by atoms with Crippen molar-refractivity contribution >= 4 is 29.3 Å². The fraction of sp³-hybridized carbons (Fsp3) is 0.533. The van der Waals surface area contributed by atoms with Crippen LogP contribution in [0.15, 0.2) is 29.2 Å². The van der Waals surface area contributed by atoms with E-state index in [1.54, 1.807) is 11.8 Å². The maximum absolute atomic E-state index is 12.1. The zero-order valence-corrected chi connectivity index (χ0v) is 13.4. The van der Waals surface area contributed by atoms with Crippen LogP contribution < -0.4 is 5.32 Å². The number of halogens is 1. The van der Waals surface area contributed by atoms with E-state index in [9.17, 15) is 4.79 Å². The van der Waals surface area contributed by atoms with Crippen molar-refractivity contribution in [2.24, 2.45) is 5.41 Å². The fourth-order valence-corrected chi connectivity index (χ4v) is 2.73. The lowest BCUT2D eigenvalue weighted by Crippen LogP contribution is -2.38. The molecule has 0 saturated carbocycles. The Kier molecular flexibility index (Phi) is 6.73. The van der Waals surface area contributed by atoms with Gasteiger partial charge in [-0.3, -0.25) is 4.79 Å². The van der Waals surface area contributed by atoms with Crippen LogP contribution in [0.4, 0.5) is 0 Å². The van der Waals surface area contributed by atoms with E-state index in [2.05, 4.69) is 19.2 Å². The van der Waals surface area contributed by atoms with Crippen molar-refractivity contribution in [3.63, 3.8) is 0 Å². The van der Waals surface area contributed by atoms with Gasteiger partial charge in [0.1, 0.15) is 0 Å². The third kappa shape index (κ3) is 4.43. The number of alkyl halides is 1. The van der Waals surface area contributed by atoms with E-state index >= 15 is 0 Å². The molecule has 2 nitrogen and oxygen atoms in total. The van der Waals surface area contributed by atoms with Crippen LogP contribution in [0.3, 0.4) is 0 Å². The topological polar surface area (TPSA) is 29.1 Å². The lowest BCUT2D eigenvalue weighted by Gasteiger charge is -2.29. The summed E-state index contributed by atoms with van der Waals surface area (Å²) in [5.74, 6) is 0.551. The summed E-state index contributed by atoms with van der Waals surface area (Å²) >= 11 is 7.71. The Balaban J connectivity index is 2.63. The molecule has 0 aliphatic carbocycles. The van der Waals surface area contributed by atoms with E-state index in [1.165, 1.54) is 0 Å². The molecular weight excluding hydrogens is 278 g/mol. The standard InChI is InChI=1S/C15H22ClNOS/c1-4-15(5-2,10-16)11-17-14(18)12-6-8-13(19-3)9-7-12/h6-9H,4-5,10-11H2,1-3H3,(H,17,18). The molecule has 0 atom stereocenters. The Hall–Kier alpha value is -0.670. The SMILES string of the molecule is CCC(CC)(CCl)CNC(=O)c1ccc(SC)cc1. The number of thioether (sulfide) groups is 1. The number of hydrogen-bond donors (Lipinski definition) is 1. The Labute approximate surface area is 125 Å². The van der Waals surface area contributed by atoms with Crippen molar-refractivity contribution in [2.75, 3.05) is 18.7 Å². The van der Waals surface area contributed by atoms with E-state index in [-0.39, 0.29) is 11.3 Å². The molecule has 0 aliphatic heterocycles. The van der Waals surface area contributed by atoms with Crippen molar-refractivity contribution in [1.29, 1.82) is 0 Å². The summed E-state index contributed by atoms with van der Waals surface area (Å²) in [5, 5.41) is 3.00. The molecule has 0 spiro atoms. The molecule has 0 unspecified atom stereocenters. The van der Waals surface area contributed by atoms with Gasteiger partial charge in [-0.05, 0) is 43.4 Å². The van der Waals surface area contributed by atoms with Crippen LogP contribution in [0.2, 0.25) is 0 Å². The molecule has 0 radical (unpaired) electrons. The molecule has 0 heterocycles. The minimum absolute atomic E-state index is 0.0103.